The Balaban J connectivity index is 2.21. The number of nitrogens with two attached hydrogens (primary N) is 1. The number of amides is 2. The van der Waals surface area contributed by atoms with E-state index in [1.165, 1.54) is 31.6 Å². The third-order valence-corrected chi connectivity index (χ3v) is 9.03. The smallest absolute Gasteiger partial charge is 0.405 e. The largest absolute Gasteiger partial charge is 0.439 e. The second-order valence-corrected chi connectivity index (χ2v) is 12.7. The number of carbonyl (C=O) groups excluding carboxylic acids is 4. The standard InChI is InChI=1S/C35H45N3O8S/c1-8-14-37-28-23-16-19(2)17-25(45-7)30(39)21(4)18-22(5)33(46-35(36)43)24(44-6)12-9-11-20(3)34(42)38-29(31(23)40)27(32(28)41)26-13-10-15-47-26/h8-13,15,18-19,21,24-25,30,33,37,39H,1,14,16-17H2,2-7H3,(H2,36,43)(H,38,42)/b12-9-,20-11+,22-18+/t19-,21+,24+,25+,30-,33+/m1/s1. The summed E-state index contributed by atoms with van der Waals surface area (Å²) in [6.45, 7) is 11.0. The van der Waals surface area contributed by atoms with Crippen molar-refractivity contribution in [1.29, 1.82) is 0 Å². The molecule has 12 heteroatoms. The zero-order valence-electron chi connectivity index (χ0n) is 27.7. The molecule has 2 bridgehead atoms. The second-order valence-electron chi connectivity index (χ2n) is 11.7. The molecule has 0 unspecified atom stereocenters. The number of Topliss-reactive ketones (excluding diaryl/α,β-unsaturated/α-hetero) is 2. The summed E-state index contributed by atoms with van der Waals surface area (Å²) in [5.41, 5.74) is 6.57. The number of rotatable bonds is 7. The number of thiophene rings is 1. The summed E-state index contributed by atoms with van der Waals surface area (Å²) in [6, 6.07) is 3.49. The Morgan fingerprint density at radius 1 is 1.19 bits per heavy atom. The molecule has 0 saturated heterocycles. The van der Waals surface area contributed by atoms with Gasteiger partial charge in [0.15, 0.2) is 6.10 Å². The van der Waals surface area contributed by atoms with E-state index in [4.69, 9.17) is 19.9 Å². The summed E-state index contributed by atoms with van der Waals surface area (Å²) in [5, 5.41) is 18.9. The van der Waals surface area contributed by atoms with Crippen molar-refractivity contribution in [3.05, 3.63) is 87.5 Å². The first-order valence-corrected chi connectivity index (χ1v) is 16.2. The number of methoxy groups -OCH3 is 2. The number of carbonyl (C=O) groups is 4. The molecule has 6 atom stereocenters. The molecule has 1 aliphatic heterocycles. The zero-order valence-corrected chi connectivity index (χ0v) is 28.5. The van der Waals surface area contributed by atoms with E-state index in [2.05, 4.69) is 17.2 Å². The Hall–Kier alpha value is -4.10. The minimum atomic E-state index is -1.00. The zero-order chi connectivity index (χ0) is 34.8. The van der Waals surface area contributed by atoms with Crippen molar-refractivity contribution in [3.8, 4) is 0 Å². The number of hydrogen-bond acceptors (Lipinski definition) is 10. The van der Waals surface area contributed by atoms with Crippen molar-refractivity contribution in [2.24, 2.45) is 17.6 Å². The number of fused-ring (bicyclic) bond motifs is 2. The highest BCUT2D eigenvalue weighted by Crippen LogP contribution is 2.35. The van der Waals surface area contributed by atoms with Crippen LogP contribution in [0.2, 0.25) is 0 Å². The fourth-order valence-corrected chi connectivity index (χ4v) is 6.45. The average molecular weight is 668 g/mol. The van der Waals surface area contributed by atoms with E-state index in [0.717, 1.165) is 0 Å². The Labute approximate surface area is 279 Å². The maximum atomic E-state index is 14.3. The van der Waals surface area contributed by atoms with E-state index < -0.39 is 53.9 Å². The summed E-state index contributed by atoms with van der Waals surface area (Å²) in [7, 11) is 2.93. The molecule has 1 aromatic rings. The highest BCUT2D eigenvalue weighted by molar-refractivity contribution is 7.11. The lowest BCUT2D eigenvalue weighted by Gasteiger charge is -2.30. The first-order chi connectivity index (χ1) is 22.3. The van der Waals surface area contributed by atoms with Crippen molar-refractivity contribution >= 4 is 40.5 Å². The highest BCUT2D eigenvalue weighted by Gasteiger charge is 2.38. The van der Waals surface area contributed by atoms with Crippen LogP contribution in [0.25, 0.3) is 5.57 Å². The van der Waals surface area contributed by atoms with Gasteiger partial charge in [-0.3, -0.25) is 14.4 Å². The van der Waals surface area contributed by atoms with Crippen LogP contribution in [0.3, 0.4) is 0 Å². The molecule has 2 aliphatic rings. The highest BCUT2D eigenvalue weighted by atomic mass is 32.1. The van der Waals surface area contributed by atoms with Crippen LogP contribution in [0.5, 0.6) is 0 Å². The van der Waals surface area contributed by atoms with Crippen molar-refractivity contribution < 1.29 is 38.5 Å². The normalized spacial score (nSPS) is 29.7. The lowest BCUT2D eigenvalue weighted by atomic mass is 9.82. The molecule has 0 spiro atoms. The van der Waals surface area contributed by atoms with Crippen LogP contribution in [0.15, 0.2) is 82.6 Å². The van der Waals surface area contributed by atoms with Gasteiger partial charge in [0.1, 0.15) is 11.8 Å². The van der Waals surface area contributed by atoms with Gasteiger partial charge in [-0.2, -0.15) is 0 Å². The van der Waals surface area contributed by atoms with Crippen LogP contribution in [0, 0.1) is 11.8 Å². The summed E-state index contributed by atoms with van der Waals surface area (Å²) in [5.74, 6) is -2.17. The molecule has 2 amide bonds. The molecule has 47 heavy (non-hydrogen) atoms. The molecule has 3 rings (SSSR count). The van der Waals surface area contributed by atoms with Gasteiger partial charge < -0.3 is 35.7 Å². The lowest BCUT2D eigenvalue weighted by molar-refractivity contribution is -0.120. The van der Waals surface area contributed by atoms with Gasteiger partial charge in [-0.05, 0) is 49.6 Å². The Morgan fingerprint density at radius 2 is 1.91 bits per heavy atom. The fraction of sp³-hybridized carbons (Fsp3) is 0.429. The van der Waals surface area contributed by atoms with Crippen LogP contribution < -0.4 is 16.4 Å². The predicted molar refractivity (Wildman–Crippen MR) is 181 cm³/mol. The third-order valence-electron chi connectivity index (χ3n) is 8.14. The number of hydrogen-bond donors (Lipinski definition) is 4. The number of aliphatic hydroxyl groups excluding tert-OH is 1. The van der Waals surface area contributed by atoms with Crippen LogP contribution in [-0.4, -0.2) is 73.9 Å². The van der Waals surface area contributed by atoms with Crippen LogP contribution >= 0.6 is 11.3 Å². The lowest BCUT2D eigenvalue weighted by Crippen LogP contribution is -2.39. The van der Waals surface area contributed by atoms with Gasteiger partial charge in [0.2, 0.25) is 11.6 Å². The maximum Gasteiger partial charge on any atom is 0.405 e. The Bertz CT molecular complexity index is 1500. The average Bonchev–Trinajstić information content (AvgIpc) is 3.56. The molecule has 254 valence electrons. The molecular formula is C35H45N3O8S. The number of nitrogens with one attached hydrogen (secondary N) is 2. The minimum absolute atomic E-state index is 0.0991. The van der Waals surface area contributed by atoms with E-state index in [1.54, 1.807) is 55.7 Å². The molecular weight excluding hydrogens is 622 g/mol. The van der Waals surface area contributed by atoms with E-state index in [9.17, 15) is 24.3 Å². The van der Waals surface area contributed by atoms with Crippen molar-refractivity contribution in [2.75, 3.05) is 20.8 Å². The van der Waals surface area contributed by atoms with Gasteiger partial charge >= 0.3 is 6.09 Å². The molecule has 5 N–H and O–H groups in total. The van der Waals surface area contributed by atoms with Crippen LogP contribution in [-0.2, 0) is 28.6 Å². The number of ether oxygens (including phenoxy) is 3. The molecule has 1 aromatic heterocycles. The number of primary amides is 1. The molecule has 1 aliphatic carbocycles. The number of aliphatic hydroxyl groups is 1. The predicted octanol–water partition coefficient (Wildman–Crippen LogP) is 4.13. The van der Waals surface area contributed by atoms with Crippen molar-refractivity contribution in [1.82, 2.24) is 10.6 Å². The Kier molecular flexibility index (Phi) is 13.6. The van der Waals surface area contributed by atoms with E-state index in [-0.39, 0.29) is 47.0 Å². The summed E-state index contributed by atoms with van der Waals surface area (Å²) in [4.78, 5) is 54.2. The van der Waals surface area contributed by atoms with Crippen LogP contribution in [0.4, 0.5) is 4.79 Å². The number of allylic oxidation sites excluding steroid dienone is 4. The van der Waals surface area contributed by atoms with E-state index in [1.807, 2.05) is 13.8 Å². The SMILES string of the molecule is C=CCNC1=C2C[C@@H](C)C[C@H](OC)[C@H](O)[C@@H](C)/C=C(\C)[C@H](OC(N)=O)[C@@H](OC)/C=C\C=C(/C)C(=O)NC(=C(c3cccs3)C1=O)C2=O. The quantitative estimate of drug-likeness (QED) is 0.247. The van der Waals surface area contributed by atoms with Gasteiger partial charge in [0.25, 0.3) is 5.91 Å². The second kappa shape index (κ2) is 17.2. The minimum Gasteiger partial charge on any atom is -0.439 e. The summed E-state index contributed by atoms with van der Waals surface area (Å²) >= 11 is 1.28. The van der Waals surface area contributed by atoms with Crippen molar-refractivity contribution in [2.45, 2.75) is 65.0 Å². The maximum absolute atomic E-state index is 14.3. The van der Waals surface area contributed by atoms with Crippen LogP contribution in [0.1, 0.15) is 45.4 Å². The molecule has 11 nitrogen and oxygen atoms in total. The Morgan fingerprint density at radius 3 is 2.51 bits per heavy atom. The van der Waals surface area contributed by atoms with Gasteiger partial charge in [-0.25, -0.2) is 4.79 Å². The van der Waals surface area contributed by atoms with E-state index in [0.29, 0.717) is 16.9 Å². The van der Waals surface area contributed by atoms with E-state index >= 15 is 0 Å². The first-order valence-electron chi connectivity index (χ1n) is 15.3. The topological polar surface area (TPSA) is 166 Å². The number of ketones is 2. The monoisotopic (exact) mass is 667 g/mol. The molecule has 0 fully saturated rings. The third kappa shape index (κ3) is 9.25. The molecule has 0 radical (unpaired) electrons. The van der Waals surface area contributed by atoms with Gasteiger partial charge in [-0.1, -0.05) is 50.3 Å². The molecule has 0 aromatic carbocycles. The summed E-state index contributed by atoms with van der Waals surface area (Å²) in [6.07, 6.45) is 4.18. The van der Waals surface area contributed by atoms with Gasteiger partial charge in [0.05, 0.1) is 23.5 Å². The molecule has 0 saturated carbocycles. The van der Waals surface area contributed by atoms with Crippen molar-refractivity contribution in [3.63, 3.8) is 0 Å². The fourth-order valence-electron chi connectivity index (χ4n) is 5.68. The van der Waals surface area contributed by atoms with Gasteiger partial charge in [0, 0.05) is 42.7 Å². The van der Waals surface area contributed by atoms with Gasteiger partial charge in [-0.15, -0.1) is 17.9 Å². The first kappa shape index (κ1) is 37.4. The molecule has 2 heterocycles. The summed E-state index contributed by atoms with van der Waals surface area (Å²) < 4.78 is 16.7.